The van der Waals surface area contributed by atoms with Gasteiger partial charge in [0.05, 0.1) is 6.85 Å². The van der Waals surface area contributed by atoms with E-state index in [9.17, 15) is 0 Å². The third-order valence-electron chi connectivity index (χ3n) is 7.98. The predicted octanol–water partition coefficient (Wildman–Crippen LogP) is 11.0. The van der Waals surface area contributed by atoms with Crippen molar-refractivity contribution in [2.45, 2.75) is 0 Å². The van der Waals surface area contributed by atoms with Crippen LogP contribution in [0.1, 0.15) is 6.85 Å². The van der Waals surface area contributed by atoms with Crippen LogP contribution in [0, 0.1) is 0 Å². The quantitative estimate of drug-likeness (QED) is 0.193. The maximum absolute atomic E-state index is 8.45. The zero-order chi connectivity index (χ0) is 35.1. The first-order chi connectivity index (χ1) is 24.8. The molecule has 0 aliphatic carbocycles. The molecule has 0 atom stereocenters. The molecule has 0 saturated heterocycles. The molecule has 3 nitrogen and oxygen atoms in total. The Morgan fingerprint density at radius 2 is 0.761 bits per heavy atom. The van der Waals surface area contributed by atoms with Gasteiger partial charge in [0.1, 0.15) is 0 Å². The Hall–Kier alpha value is -6.19. The molecule has 46 heavy (non-hydrogen) atoms. The summed E-state index contributed by atoms with van der Waals surface area (Å²) in [7, 11) is 0. The van der Waals surface area contributed by atoms with Gasteiger partial charge >= 0.3 is 0 Å². The van der Waals surface area contributed by atoms with Crippen LogP contribution >= 0.6 is 0 Å². The number of aromatic nitrogens is 3. The van der Waals surface area contributed by atoms with Gasteiger partial charge in [0, 0.05) is 16.7 Å². The highest BCUT2D eigenvalue weighted by Crippen LogP contribution is 2.34. The molecule has 0 amide bonds. The average Bonchev–Trinajstić information content (AvgIpc) is 3.19. The van der Waals surface area contributed by atoms with Crippen molar-refractivity contribution in [2.75, 3.05) is 0 Å². The van der Waals surface area contributed by atoms with Gasteiger partial charge < -0.3 is 0 Å². The molecule has 3 heteroatoms. The molecule has 0 N–H and O–H groups in total. The van der Waals surface area contributed by atoms with Gasteiger partial charge in [-0.1, -0.05) is 152 Å². The maximum atomic E-state index is 8.45. The van der Waals surface area contributed by atoms with E-state index < -0.39 is 6.04 Å². The molecule has 0 fully saturated rings. The van der Waals surface area contributed by atoms with Gasteiger partial charge in [-0.3, -0.25) is 0 Å². The topological polar surface area (TPSA) is 38.7 Å². The SMILES string of the molecule is [2H]c1c([2H])c([2H])c(-c2ccc(-c3nc(-c4cc(-c5ccccc5)cc(-c5ccccc5)c4)nc(-c4ccc5ccccc5c4)n3)cc2)c([2H])c1[2H]. The van der Waals surface area contributed by atoms with Gasteiger partial charge in [-0.15, -0.1) is 0 Å². The van der Waals surface area contributed by atoms with Crippen molar-refractivity contribution in [3.8, 4) is 67.5 Å². The molecule has 0 aliphatic rings. The Bertz CT molecular complexity index is 2490. The number of benzene rings is 7. The van der Waals surface area contributed by atoms with Crippen LogP contribution in [0.2, 0.25) is 0 Å². The fourth-order valence-corrected chi connectivity index (χ4v) is 5.62. The van der Waals surface area contributed by atoms with Gasteiger partial charge in [0.25, 0.3) is 0 Å². The van der Waals surface area contributed by atoms with Crippen LogP contribution in [0.3, 0.4) is 0 Å². The Labute approximate surface area is 275 Å². The van der Waals surface area contributed by atoms with Gasteiger partial charge in [-0.2, -0.15) is 0 Å². The maximum Gasteiger partial charge on any atom is 0.164 e. The molecule has 1 heterocycles. The molecule has 0 aliphatic heterocycles. The molecule has 0 spiro atoms. The normalized spacial score (nSPS) is 12.6. The van der Waals surface area contributed by atoms with Crippen molar-refractivity contribution in [2.24, 2.45) is 0 Å². The van der Waals surface area contributed by atoms with E-state index in [2.05, 4.69) is 66.7 Å². The summed E-state index contributed by atoms with van der Waals surface area (Å²) in [5.41, 5.74) is 7.23. The van der Waals surface area contributed by atoms with Crippen molar-refractivity contribution < 1.29 is 6.85 Å². The molecule has 8 aromatic rings. The van der Waals surface area contributed by atoms with E-state index >= 15 is 0 Å². The van der Waals surface area contributed by atoms with Crippen molar-refractivity contribution in [3.05, 3.63) is 176 Å². The summed E-state index contributed by atoms with van der Waals surface area (Å²) in [4.78, 5) is 15.1. The monoisotopic (exact) mass is 592 g/mol. The largest absolute Gasteiger partial charge is 0.208 e. The lowest BCUT2D eigenvalue weighted by atomic mass is 9.96. The molecule has 216 valence electrons. The van der Waals surface area contributed by atoms with E-state index in [4.69, 9.17) is 21.8 Å². The van der Waals surface area contributed by atoms with E-state index in [1.807, 2.05) is 66.7 Å². The molecular weight excluding hydrogens is 558 g/mol. The first kappa shape index (κ1) is 22.3. The summed E-state index contributed by atoms with van der Waals surface area (Å²) in [6, 6.07) is 46.6. The highest BCUT2D eigenvalue weighted by Gasteiger charge is 2.15. The van der Waals surface area contributed by atoms with E-state index in [-0.39, 0.29) is 29.7 Å². The van der Waals surface area contributed by atoms with Crippen LogP contribution in [-0.2, 0) is 0 Å². The second-order valence-electron chi connectivity index (χ2n) is 11.0. The van der Waals surface area contributed by atoms with Gasteiger partial charge in [0.15, 0.2) is 17.5 Å². The average molecular weight is 593 g/mol. The molecular formula is C43H29N3. The van der Waals surface area contributed by atoms with Crippen LogP contribution in [0.4, 0.5) is 0 Å². The smallest absolute Gasteiger partial charge is 0.164 e. The Morgan fingerprint density at radius 3 is 1.39 bits per heavy atom. The van der Waals surface area contributed by atoms with E-state index in [1.54, 1.807) is 12.1 Å². The lowest BCUT2D eigenvalue weighted by Crippen LogP contribution is -2.00. The Balaban J connectivity index is 1.31. The second kappa shape index (κ2) is 12.1. The molecule has 7 aromatic carbocycles. The van der Waals surface area contributed by atoms with Gasteiger partial charge in [-0.05, 0) is 68.4 Å². The van der Waals surface area contributed by atoms with E-state index in [0.29, 0.717) is 28.6 Å². The van der Waals surface area contributed by atoms with Crippen LogP contribution in [0.5, 0.6) is 0 Å². The highest BCUT2D eigenvalue weighted by molar-refractivity contribution is 5.87. The van der Waals surface area contributed by atoms with Crippen molar-refractivity contribution in [1.29, 1.82) is 0 Å². The standard InChI is InChI=1S/C43H29N3/c1-4-12-30(13-5-1)34-20-23-35(24-21-34)41-44-42(37-25-22-33-18-10-11-19-36(33)26-37)46-43(45-41)40-28-38(31-14-6-2-7-15-31)27-39(29-40)32-16-8-3-9-17-32/h1-29H/i1D,4D,5D,12D,13D. The minimum atomic E-state index is -0.420. The molecule has 1 aromatic heterocycles. The summed E-state index contributed by atoms with van der Waals surface area (Å²) in [5.74, 6) is 1.47. The lowest BCUT2D eigenvalue weighted by molar-refractivity contribution is 1.07. The number of fused-ring (bicyclic) bond motifs is 1. The third-order valence-corrected chi connectivity index (χ3v) is 7.98. The second-order valence-corrected chi connectivity index (χ2v) is 11.0. The van der Waals surface area contributed by atoms with Crippen molar-refractivity contribution in [3.63, 3.8) is 0 Å². The minimum Gasteiger partial charge on any atom is -0.208 e. The van der Waals surface area contributed by atoms with Crippen LogP contribution in [0.25, 0.3) is 78.3 Å². The predicted molar refractivity (Wildman–Crippen MR) is 190 cm³/mol. The van der Waals surface area contributed by atoms with Crippen LogP contribution < -0.4 is 0 Å². The summed E-state index contributed by atoms with van der Waals surface area (Å²) in [5, 5.41) is 2.18. The Morgan fingerprint density at radius 1 is 0.304 bits per heavy atom. The number of rotatable bonds is 6. The highest BCUT2D eigenvalue weighted by atomic mass is 15.0. The fraction of sp³-hybridized carbons (Fsp3) is 0. The first-order valence-electron chi connectivity index (χ1n) is 17.5. The third kappa shape index (κ3) is 5.58. The summed E-state index contributed by atoms with van der Waals surface area (Å²) < 4.78 is 41.1. The van der Waals surface area contributed by atoms with Crippen LogP contribution in [0.15, 0.2) is 176 Å². The molecule has 0 radical (unpaired) electrons. The van der Waals surface area contributed by atoms with E-state index in [1.165, 1.54) is 0 Å². The number of nitrogens with zero attached hydrogens (tertiary/aromatic N) is 3. The molecule has 0 bridgehead atoms. The van der Waals surface area contributed by atoms with Crippen molar-refractivity contribution >= 4 is 10.8 Å². The number of hydrogen-bond acceptors (Lipinski definition) is 3. The van der Waals surface area contributed by atoms with Crippen LogP contribution in [-0.4, -0.2) is 15.0 Å². The zero-order valence-electron chi connectivity index (χ0n) is 29.7. The molecule has 0 saturated carbocycles. The zero-order valence-corrected chi connectivity index (χ0v) is 24.7. The van der Waals surface area contributed by atoms with Crippen molar-refractivity contribution in [1.82, 2.24) is 15.0 Å². The molecule has 0 unspecified atom stereocenters. The fourth-order valence-electron chi connectivity index (χ4n) is 5.62. The first-order valence-corrected chi connectivity index (χ1v) is 15.0. The lowest BCUT2D eigenvalue weighted by Gasteiger charge is -2.13. The van der Waals surface area contributed by atoms with Gasteiger partial charge in [0.2, 0.25) is 0 Å². The minimum absolute atomic E-state index is 0.145. The van der Waals surface area contributed by atoms with E-state index in [0.717, 1.165) is 44.2 Å². The summed E-state index contributed by atoms with van der Waals surface area (Å²) in [6.45, 7) is 0. The molecule has 8 rings (SSSR count). The number of hydrogen-bond donors (Lipinski definition) is 0. The summed E-state index contributed by atoms with van der Waals surface area (Å²) in [6.07, 6.45) is 0. The Kier molecular flexibility index (Phi) is 5.86. The van der Waals surface area contributed by atoms with Gasteiger partial charge in [-0.25, -0.2) is 15.0 Å². The summed E-state index contributed by atoms with van der Waals surface area (Å²) >= 11 is 0.